The Morgan fingerprint density at radius 3 is 2.63 bits per heavy atom. The van der Waals surface area contributed by atoms with Crippen LogP contribution in [0.15, 0.2) is 58.9 Å². The summed E-state index contributed by atoms with van der Waals surface area (Å²) in [6, 6.07) is 13.1. The molecule has 0 bridgehead atoms. The van der Waals surface area contributed by atoms with Gasteiger partial charge in [0.2, 0.25) is 5.78 Å². The molecule has 138 valence electrons. The number of carbonyl (C=O) groups is 1. The van der Waals surface area contributed by atoms with E-state index < -0.39 is 28.4 Å². The van der Waals surface area contributed by atoms with Crippen LogP contribution < -0.4 is 10.8 Å². The highest BCUT2D eigenvalue weighted by atomic mass is 16.8. The van der Waals surface area contributed by atoms with Gasteiger partial charge in [-0.2, -0.15) is 5.23 Å². The number of aliphatic hydroxyl groups excluding tert-OH is 1. The zero-order chi connectivity index (χ0) is 19.6. The van der Waals surface area contributed by atoms with Gasteiger partial charge in [-0.25, -0.2) is 10.2 Å². The highest BCUT2D eigenvalue weighted by Crippen LogP contribution is 2.15. The number of carbonyl (C=O) groups excluding carboxylic acids is 1. The Kier molecular flexibility index (Phi) is 5.24. The Bertz CT molecular complexity index is 1070. The lowest BCUT2D eigenvalue weighted by Gasteiger charge is -2.12. The molecule has 0 spiro atoms. The molecule has 0 aliphatic rings. The molecule has 1 aromatic heterocycles. The fourth-order valence-corrected chi connectivity index (χ4v) is 2.61. The maximum Gasteiger partial charge on any atom is 0.278 e. The van der Waals surface area contributed by atoms with Crippen LogP contribution in [0.5, 0.6) is 0 Å². The number of aromatic amines is 1. The number of fused-ring (bicyclic) bond motifs is 1. The van der Waals surface area contributed by atoms with E-state index in [4.69, 9.17) is 5.21 Å². The molecule has 2 aromatic carbocycles. The number of hydrogen-bond acceptors (Lipinski definition) is 6. The minimum absolute atomic E-state index is 0.0132. The van der Waals surface area contributed by atoms with Crippen LogP contribution in [0.1, 0.15) is 23.0 Å². The lowest BCUT2D eigenvalue weighted by molar-refractivity contribution is -0.991. The first-order valence-electron chi connectivity index (χ1n) is 8.09. The summed E-state index contributed by atoms with van der Waals surface area (Å²) < 4.78 is 0. The van der Waals surface area contributed by atoms with Crippen LogP contribution in [0.2, 0.25) is 0 Å². The maximum atomic E-state index is 12.5. The Morgan fingerprint density at radius 1 is 1.26 bits per heavy atom. The smallest absolute Gasteiger partial charge is 0.278 e. The van der Waals surface area contributed by atoms with Crippen molar-refractivity contribution >= 4 is 28.6 Å². The molecule has 0 saturated carbocycles. The van der Waals surface area contributed by atoms with Crippen molar-refractivity contribution in [2.75, 3.05) is 0 Å². The number of nitrogens with one attached hydrogen (secondary N) is 2. The third-order valence-electron chi connectivity index (χ3n) is 4.05. The number of aromatic nitrogens is 2. The van der Waals surface area contributed by atoms with Crippen LogP contribution in [0.25, 0.3) is 17.1 Å². The van der Waals surface area contributed by atoms with E-state index in [2.05, 4.69) is 9.97 Å². The Balaban J connectivity index is 1.95. The number of hydrogen-bond donors (Lipinski definition) is 4. The molecule has 2 atom stereocenters. The number of H-pyrrole nitrogens is 1. The fraction of sp³-hybridized carbons (Fsp3) is 0.105. The van der Waals surface area contributed by atoms with Gasteiger partial charge in [0.15, 0.2) is 11.4 Å². The van der Waals surface area contributed by atoms with Crippen molar-refractivity contribution in [1.29, 1.82) is 0 Å². The van der Waals surface area contributed by atoms with E-state index in [-0.39, 0.29) is 16.7 Å². The van der Waals surface area contributed by atoms with E-state index >= 15 is 0 Å². The standard InChI is InChI=1S/C19H17N3O5/c1-11(9-12-5-3-2-4-6-12)17(23)18(24)16-19(25)21-15-10-13(22(26)27)7-8-14(15)20-16/h2-10,17,22-23,26H,1H3,(H,21,25)/b11-9-. The quantitative estimate of drug-likeness (QED) is 0.393. The van der Waals surface area contributed by atoms with Crippen LogP contribution in [0, 0.1) is 5.21 Å². The van der Waals surface area contributed by atoms with Gasteiger partial charge in [-0.05, 0) is 24.1 Å². The van der Waals surface area contributed by atoms with E-state index in [0.717, 1.165) is 5.56 Å². The minimum atomic E-state index is -1.52. The van der Waals surface area contributed by atoms with Gasteiger partial charge in [0.1, 0.15) is 6.10 Å². The van der Waals surface area contributed by atoms with Crippen molar-refractivity contribution in [1.82, 2.24) is 9.97 Å². The van der Waals surface area contributed by atoms with Gasteiger partial charge < -0.3 is 15.3 Å². The molecular formula is C19H17N3O5. The maximum absolute atomic E-state index is 12.5. The van der Waals surface area contributed by atoms with Crippen LogP contribution in [-0.4, -0.2) is 32.2 Å². The predicted octanol–water partition coefficient (Wildman–Crippen LogP) is 0.974. The van der Waals surface area contributed by atoms with Gasteiger partial charge in [0.05, 0.1) is 11.0 Å². The molecule has 0 aliphatic carbocycles. The Morgan fingerprint density at radius 2 is 1.96 bits per heavy atom. The average Bonchev–Trinajstić information content (AvgIpc) is 2.66. The minimum Gasteiger partial charge on any atom is -0.595 e. The predicted molar refractivity (Wildman–Crippen MR) is 98.6 cm³/mol. The normalized spacial score (nSPS) is 14.1. The number of Topliss-reactive ketones (excluding diaryl/α,β-unsaturated/α-hetero) is 1. The van der Waals surface area contributed by atoms with E-state index in [9.17, 15) is 19.9 Å². The summed E-state index contributed by atoms with van der Waals surface area (Å²) in [6.45, 7) is 1.59. The number of quaternary nitrogens is 1. The molecule has 3 rings (SSSR count). The molecule has 0 saturated heterocycles. The van der Waals surface area contributed by atoms with Crippen LogP contribution in [0.4, 0.5) is 5.69 Å². The number of ketones is 1. The molecule has 2 unspecified atom stereocenters. The van der Waals surface area contributed by atoms with Gasteiger partial charge >= 0.3 is 0 Å². The molecule has 27 heavy (non-hydrogen) atoms. The van der Waals surface area contributed by atoms with Gasteiger partial charge in [-0.15, -0.1) is 0 Å². The van der Waals surface area contributed by atoms with Crippen molar-refractivity contribution in [2.24, 2.45) is 0 Å². The van der Waals surface area contributed by atoms with Crippen molar-refractivity contribution in [3.63, 3.8) is 0 Å². The van der Waals surface area contributed by atoms with E-state index in [1.54, 1.807) is 13.0 Å². The molecule has 4 N–H and O–H groups in total. The number of aliphatic hydroxyl groups is 1. The molecular weight excluding hydrogens is 350 g/mol. The number of rotatable bonds is 5. The molecule has 0 radical (unpaired) electrons. The summed E-state index contributed by atoms with van der Waals surface area (Å²) in [7, 11) is 0. The summed E-state index contributed by atoms with van der Waals surface area (Å²) in [4.78, 5) is 31.2. The van der Waals surface area contributed by atoms with Crippen LogP contribution in [0.3, 0.4) is 0 Å². The third-order valence-corrected chi connectivity index (χ3v) is 4.05. The first-order valence-corrected chi connectivity index (χ1v) is 8.09. The fourth-order valence-electron chi connectivity index (χ4n) is 2.61. The first-order chi connectivity index (χ1) is 12.9. The Labute approximate surface area is 153 Å². The van der Waals surface area contributed by atoms with Crippen molar-refractivity contribution in [3.8, 4) is 0 Å². The second kappa shape index (κ2) is 7.60. The SMILES string of the molecule is C/C(=C/c1ccccc1)C(O)C(=O)c1nc2ccc([NH+]([O-])O)cc2[nH]c1=O. The topological polar surface area (TPSA) is 131 Å². The van der Waals surface area contributed by atoms with Crippen LogP contribution in [-0.2, 0) is 0 Å². The number of nitrogens with zero attached hydrogens (tertiary/aromatic N) is 1. The second-order valence-electron chi connectivity index (χ2n) is 6.02. The van der Waals surface area contributed by atoms with Crippen molar-refractivity contribution in [2.45, 2.75) is 13.0 Å². The zero-order valence-corrected chi connectivity index (χ0v) is 14.3. The summed E-state index contributed by atoms with van der Waals surface area (Å²) >= 11 is 0. The van der Waals surface area contributed by atoms with E-state index in [0.29, 0.717) is 5.57 Å². The molecule has 0 amide bonds. The monoisotopic (exact) mass is 367 g/mol. The van der Waals surface area contributed by atoms with Crippen molar-refractivity contribution in [3.05, 3.63) is 80.9 Å². The first kappa shape index (κ1) is 18.6. The molecule has 0 aliphatic heterocycles. The van der Waals surface area contributed by atoms with Gasteiger partial charge in [0, 0.05) is 12.1 Å². The summed E-state index contributed by atoms with van der Waals surface area (Å²) in [5, 5.41) is 29.2. The van der Waals surface area contributed by atoms with Crippen molar-refractivity contribution < 1.29 is 20.3 Å². The van der Waals surface area contributed by atoms with Gasteiger partial charge in [-0.1, -0.05) is 36.4 Å². The van der Waals surface area contributed by atoms with Gasteiger partial charge in [0.25, 0.3) is 5.56 Å². The highest BCUT2D eigenvalue weighted by Gasteiger charge is 2.24. The Hall–Kier alpha value is -3.17. The van der Waals surface area contributed by atoms with E-state index in [1.165, 1.54) is 18.2 Å². The average molecular weight is 367 g/mol. The zero-order valence-electron chi connectivity index (χ0n) is 14.3. The molecule has 8 nitrogen and oxygen atoms in total. The second-order valence-corrected chi connectivity index (χ2v) is 6.02. The lowest BCUT2D eigenvalue weighted by Crippen LogP contribution is -2.99. The molecule has 1 heterocycles. The largest absolute Gasteiger partial charge is 0.595 e. The molecule has 0 fully saturated rings. The molecule has 8 heteroatoms. The summed E-state index contributed by atoms with van der Waals surface area (Å²) in [5.41, 5.74) is 0.390. The third kappa shape index (κ3) is 3.99. The summed E-state index contributed by atoms with van der Waals surface area (Å²) in [5.74, 6) is -0.829. The van der Waals surface area contributed by atoms with Gasteiger partial charge in [-0.3, -0.25) is 9.59 Å². The van der Waals surface area contributed by atoms with Crippen LogP contribution >= 0.6 is 0 Å². The highest BCUT2D eigenvalue weighted by molar-refractivity contribution is 6.01. The number of benzene rings is 2. The van der Waals surface area contributed by atoms with E-state index in [1.807, 2.05) is 30.3 Å². The molecule has 3 aromatic rings. The lowest BCUT2D eigenvalue weighted by atomic mass is 10.0. The summed E-state index contributed by atoms with van der Waals surface area (Å²) in [6.07, 6.45) is 0.131.